The zero-order chi connectivity index (χ0) is 12.3. The van der Waals surface area contributed by atoms with Crippen molar-refractivity contribution in [1.29, 1.82) is 0 Å². The van der Waals surface area contributed by atoms with Crippen molar-refractivity contribution in [3.63, 3.8) is 0 Å². The van der Waals surface area contributed by atoms with Crippen molar-refractivity contribution in [1.82, 2.24) is 0 Å². The van der Waals surface area contributed by atoms with Crippen LogP contribution in [0.2, 0.25) is 5.02 Å². The van der Waals surface area contributed by atoms with Gasteiger partial charge in [-0.15, -0.1) is 0 Å². The predicted molar refractivity (Wildman–Crippen MR) is 64.4 cm³/mol. The Hall–Kier alpha value is -0.780. The maximum Gasteiger partial charge on any atom is 0.307 e. The number of halogens is 2. The molecule has 0 radical (unpaired) electrons. The Balaban J connectivity index is 2.99. The monoisotopic (exact) mass is 307 g/mol. The number of hydrogen-bond acceptors (Lipinski definition) is 4. The Morgan fingerprint density at radius 2 is 2.31 bits per heavy atom. The molecule has 0 saturated carbocycles. The molecule has 1 atom stereocenters. The fourth-order valence-electron chi connectivity index (χ4n) is 1.24. The minimum Gasteiger partial charge on any atom is -0.506 e. The molecule has 0 aliphatic rings. The summed E-state index contributed by atoms with van der Waals surface area (Å²) in [7, 11) is 1.28. The van der Waals surface area contributed by atoms with Crippen molar-refractivity contribution < 1.29 is 14.6 Å². The molecule has 0 heterocycles. The highest BCUT2D eigenvalue weighted by atomic mass is 79.9. The molecule has 0 fully saturated rings. The molecule has 0 aliphatic heterocycles. The van der Waals surface area contributed by atoms with E-state index in [1.165, 1.54) is 13.2 Å². The van der Waals surface area contributed by atoms with Gasteiger partial charge < -0.3 is 15.6 Å². The minimum atomic E-state index is -0.651. The number of carbonyl (C=O) groups excluding carboxylic acids is 1. The summed E-state index contributed by atoms with van der Waals surface area (Å²) in [5, 5.41) is 10.2. The zero-order valence-electron chi connectivity index (χ0n) is 8.54. The summed E-state index contributed by atoms with van der Waals surface area (Å²) in [6.45, 7) is 0. The van der Waals surface area contributed by atoms with E-state index in [2.05, 4.69) is 20.7 Å². The Bertz CT molecular complexity index is 411. The first-order valence-corrected chi connectivity index (χ1v) is 5.63. The van der Waals surface area contributed by atoms with Gasteiger partial charge in [0.15, 0.2) is 0 Å². The number of hydrogen-bond donors (Lipinski definition) is 2. The lowest BCUT2D eigenvalue weighted by molar-refractivity contribution is -0.141. The molecule has 16 heavy (non-hydrogen) atoms. The first-order valence-electron chi connectivity index (χ1n) is 4.46. The van der Waals surface area contributed by atoms with E-state index in [9.17, 15) is 9.90 Å². The van der Waals surface area contributed by atoms with Gasteiger partial charge in [-0.05, 0) is 28.1 Å². The van der Waals surface area contributed by atoms with Crippen LogP contribution in [0.4, 0.5) is 0 Å². The summed E-state index contributed by atoms with van der Waals surface area (Å²) in [4.78, 5) is 11.0. The number of nitrogens with two attached hydrogens (primary N) is 1. The van der Waals surface area contributed by atoms with Gasteiger partial charge in [0.2, 0.25) is 0 Å². The van der Waals surface area contributed by atoms with Crippen LogP contribution >= 0.6 is 27.5 Å². The second-order valence-corrected chi connectivity index (χ2v) is 4.50. The van der Waals surface area contributed by atoms with Crippen molar-refractivity contribution >= 4 is 33.5 Å². The van der Waals surface area contributed by atoms with E-state index in [0.717, 1.165) is 0 Å². The molecule has 0 spiro atoms. The molecule has 1 aromatic carbocycles. The number of esters is 1. The van der Waals surface area contributed by atoms with Gasteiger partial charge in [-0.1, -0.05) is 11.6 Å². The molecular weight excluding hydrogens is 297 g/mol. The predicted octanol–water partition coefficient (Wildman–Crippen LogP) is 2.37. The van der Waals surface area contributed by atoms with Crippen LogP contribution < -0.4 is 5.73 Å². The van der Waals surface area contributed by atoms with Crippen LogP contribution in [0, 0.1) is 0 Å². The molecule has 0 saturated heterocycles. The highest BCUT2D eigenvalue weighted by Crippen LogP contribution is 2.35. The number of methoxy groups -OCH3 is 1. The largest absolute Gasteiger partial charge is 0.506 e. The standard InChI is InChI=1S/C10H11BrClNO3/c1-16-9(14)4-8(13)6-2-5(12)3-7(11)10(6)15/h2-3,8,15H,4,13H2,1H3/t8-/m0/s1. The SMILES string of the molecule is COC(=O)C[C@H](N)c1cc(Cl)cc(Br)c1O. The van der Waals surface area contributed by atoms with Gasteiger partial charge in [-0.3, -0.25) is 4.79 Å². The highest BCUT2D eigenvalue weighted by molar-refractivity contribution is 9.10. The van der Waals surface area contributed by atoms with E-state index in [4.69, 9.17) is 17.3 Å². The van der Waals surface area contributed by atoms with Crippen LogP contribution in [-0.4, -0.2) is 18.2 Å². The molecule has 1 rings (SSSR count). The van der Waals surface area contributed by atoms with Crippen molar-refractivity contribution in [2.45, 2.75) is 12.5 Å². The number of ether oxygens (including phenoxy) is 1. The fourth-order valence-corrected chi connectivity index (χ4v) is 2.08. The number of benzene rings is 1. The van der Waals surface area contributed by atoms with E-state index in [1.807, 2.05) is 0 Å². The van der Waals surface area contributed by atoms with E-state index in [-0.39, 0.29) is 12.2 Å². The molecule has 3 N–H and O–H groups in total. The zero-order valence-corrected chi connectivity index (χ0v) is 10.9. The molecule has 1 aromatic rings. The van der Waals surface area contributed by atoms with Gasteiger partial charge in [0.1, 0.15) is 5.75 Å². The summed E-state index contributed by atoms with van der Waals surface area (Å²) in [5.41, 5.74) is 6.18. The lowest BCUT2D eigenvalue weighted by atomic mass is 10.0. The van der Waals surface area contributed by atoms with Crippen molar-refractivity contribution in [2.24, 2.45) is 5.73 Å². The lowest BCUT2D eigenvalue weighted by Gasteiger charge is -2.13. The summed E-state index contributed by atoms with van der Waals surface area (Å²) in [6, 6.07) is 2.42. The van der Waals surface area contributed by atoms with Gasteiger partial charge >= 0.3 is 5.97 Å². The summed E-state index contributed by atoms with van der Waals surface area (Å²) in [5.74, 6) is -0.455. The quantitative estimate of drug-likeness (QED) is 0.841. The van der Waals surface area contributed by atoms with Crippen LogP contribution in [0.3, 0.4) is 0 Å². The Labute approximate surface area is 106 Å². The van der Waals surface area contributed by atoms with Gasteiger partial charge in [-0.25, -0.2) is 0 Å². The third kappa shape index (κ3) is 3.10. The molecule has 0 aliphatic carbocycles. The van der Waals surface area contributed by atoms with Crippen molar-refractivity contribution in [2.75, 3.05) is 7.11 Å². The Morgan fingerprint density at radius 1 is 1.69 bits per heavy atom. The topological polar surface area (TPSA) is 72.5 Å². The third-order valence-corrected chi connectivity index (χ3v) is 2.89. The third-order valence-electron chi connectivity index (χ3n) is 2.07. The molecule has 0 aromatic heterocycles. The average molecular weight is 309 g/mol. The van der Waals surface area contributed by atoms with Gasteiger partial charge in [0, 0.05) is 16.6 Å². The maximum absolute atomic E-state index is 11.0. The molecule has 4 nitrogen and oxygen atoms in total. The number of phenols is 1. The lowest BCUT2D eigenvalue weighted by Crippen LogP contribution is -2.16. The van der Waals surface area contributed by atoms with Crippen LogP contribution in [0.25, 0.3) is 0 Å². The molecule has 0 bridgehead atoms. The van der Waals surface area contributed by atoms with Crippen LogP contribution in [0.15, 0.2) is 16.6 Å². The molecule has 0 unspecified atom stereocenters. The molecular formula is C10H11BrClNO3. The summed E-state index contributed by atoms with van der Waals surface area (Å²) < 4.78 is 4.94. The Kier molecular flexibility index (Phi) is 4.58. The van der Waals surface area contributed by atoms with Gasteiger partial charge in [0.25, 0.3) is 0 Å². The van der Waals surface area contributed by atoms with Crippen LogP contribution in [0.1, 0.15) is 18.0 Å². The second-order valence-electron chi connectivity index (χ2n) is 3.21. The average Bonchev–Trinajstić information content (AvgIpc) is 2.22. The van der Waals surface area contributed by atoms with E-state index in [1.54, 1.807) is 6.07 Å². The van der Waals surface area contributed by atoms with Crippen LogP contribution in [-0.2, 0) is 9.53 Å². The van der Waals surface area contributed by atoms with Crippen molar-refractivity contribution in [3.05, 3.63) is 27.2 Å². The second kappa shape index (κ2) is 5.52. The number of aromatic hydroxyl groups is 1. The van der Waals surface area contributed by atoms with Gasteiger partial charge in [-0.2, -0.15) is 0 Å². The Morgan fingerprint density at radius 3 is 2.88 bits per heavy atom. The minimum absolute atomic E-state index is 0.0131. The highest BCUT2D eigenvalue weighted by Gasteiger charge is 2.17. The van der Waals surface area contributed by atoms with E-state index < -0.39 is 12.0 Å². The number of phenolic OH excluding ortho intramolecular Hbond substituents is 1. The van der Waals surface area contributed by atoms with E-state index in [0.29, 0.717) is 15.1 Å². The normalized spacial score (nSPS) is 12.2. The first kappa shape index (κ1) is 13.3. The molecule has 88 valence electrons. The fraction of sp³-hybridized carbons (Fsp3) is 0.300. The summed E-state index contributed by atoms with van der Waals surface area (Å²) in [6.07, 6.45) is -0.0170. The van der Waals surface area contributed by atoms with Crippen LogP contribution in [0.5, 0.6) is 5.75 Å². The molecule has 0 amide bonds. The van der Waals surface area contributed by atoms with E-state index >= 15 is 0 Å². The van der Waals surface area contributed by atoms with Crippen molar-refractivity contribution in [3.8, 4) is 5.75 Å². The number of carbonyl (C=O) groups is 1. The smallest absolute Gasteiger partial charge is 0.307 e. The summed E-state index contributed by atoms with van der Waals surface area (Å²) >= 11 is 8.97. The maximum atomic E-state index is 11.0. The van der Waals surface area contributed by atoms with Gasteiger partial charge in [0.05, 0.1) is 18.0 Å². The molecule has 6 heteroatoms. The number of rotatable bonds is 3. The first-order chi connectivity index (χ1) is 7.45.